The summed E-state index contributed by atoms with van der Waals surface area (Å²) >= 11 is 0. The van der Waals surface area contributed by atoms with Gasteiger partial charge in [-0.15, -0.1) is 5.10 Å². The van der Waals surface area contributed by atoms with Gasteiger partial charge in [0.05, 0.1) is 5.69 Å². The van der Waals surface area contributed by atoms with Crippen molar-refractivity contribution in [2.75, 3.05) is 11.1 Å². The van der Waals surface area contributed by atoms with Crippen LogP contribution in [-0.4, -0.2) is 25.6 Å². The number of anilines is 3. The quantitative estimate of drug-likeness (QED) is 0.477. The van der Waals surface area contributed by atoms with Gasteiger partial charge in [-0.25, -0.2) is 14.5 Å². The van der Waals surface area contributed by atoms with Crippen LogP contribution in [-0.2, 0) is 0 Å². The van der Waals surface area contributed by atoms with Crippen molar-refractivity contribution >= 4 is 23.0 Å². The molecule has 152 valence electrons. The third-order valence-corrected chi connectivity index (χ3v) is 5.91. The Morgan fingerprint density at radius 3 is 2.47 bits per heavy atom. The Labute approximate surface area is 175 Å². The van der Waals surface area contributed by atoms with E-state index in [0.29, 0.717) is 11.7 Å². The fraction of sp³-hybridized carbons (Fsp3) is 0.261. The zero-order valence-corrected chi connectivity index (χ0v) is 16.7. The SMILES string of the molecule is Nc1nn2ccnc2c(Nc2ccc(-c3ccccc3)cn2)c1[C@H]1CC[C@H](N)CC1. The first-order chi connectivity index (χ1) is 14.7. The summed E-state index contributed by atoms with van der Waals surface area (Å²) in [6, 6.07) is 14.5. The number of pyridine rings is 1. The molecule has 3 heterocycles. The van der Waals surface area contributed by atoms with Gasteiger partial charge in [-0.1, -0.05) is 30.3 Å². The fourth-order valence-electron chi connectivity index (χ4n) is 4.32. The second-order valence-corrected chi connectivity index (χ2v) is 7.90. The summed E-state index contributed by atoms with van der Waals surface area (Å²) < 4.78 is 1.72. The van der Waals surface area contributed by atoms with Crippen molar-refractivity contribution < 1.29 is 0 Å². The summed E-state index contributed by atoms with van der Waals surface area (Å²) in [5, 5.41) is 8.01. The normalized spacial score (nSPS) is 19.1. The Morgan fingerprint density at radius 1 is 0.933 bits per heavy atom. The molecule has 5 rings (SSSR count). The Kier molecular flexibility index (Phi) is 4.80. The summed E-state index contributed by atoms with van der Waals surface area (Å²) in [6.07, 6.45) is 9.41. The number of fused-ring (bicyclic) bond motifs is 1. The number of rotatable bonds is 4. The molecule has 0 radical (unpaired) electrons. The first-order valence-corrected chi connectivity index (χ1v) is 10.4. The van der Waals surface area contributed by atoms with Crippen LogP contribution in [0.1, 0.15) is 37.2 Å². The number of aromatic nitrogens is 4. The predicted octanol–water partition coefficient (Wildman–Crippen LogP) is 4.10. The molecule has 0 atom stereocenters. The van der Waals surface area contributed by atoms with Gasteiger partial charge in [-0.05, 0) is 49.3 Å². The molecule has 0 amide bonds. The molecule has 5 N–H and O–H groups in total. The zero-order chi connectivity index (χ0) is 20.5. The lowest BCUT2D eigenvalue weighted by molar-refractivity contribution is 0.396. The van der Waals surface area contributed by atoms with Crippen LogP contribution in [0.2, 0.25) is 0 Å². The third kappa shape index (κ3) is 3.48. The molecule has 4 aromatic rings. The Balaban J connectivity index is 1.52. The van der Waals surface area contributed by atoms with Crippen LogP contribution in [0.5, 0.6) is 0 Å². The predicted molar refractivity (Wildman–Crippen MR) is 120 cm³/mol. The van der Waals surface area contributed by atoms with Gasteiger partial charge in [0.1, 0.15) is 11.6 Å². The lowest BCUT2D eigenvalue weighted by Gasteiger charge is -2.28. The van der Waals surface area contributed by atoms with E-state index in [-0.39, 0.29) is 6.04 Å². The maximum absolute atomic E-state index is 6.41. The monoisotopic (exact) mass is 399 g/mol. The average Bonchev–Trinajstić information content (AvgIpc) is 3.24. The highest BCUT2D eigenvalue weighted by molar-refractivity contribution is 5.80. The van der Waals surface area contributed by atoms with Crippen molar-refractivity contribution in [1.82, 2.24) is 19.6 Å². The van der Waals surface area contributed by atoms with Gasteiger partial charge in [0.15, 0.2) is 5.65 Å². The van der Waals surface area contributed by atoms with Crippen molar-refractivity contribution in [3.63, 3.8) is 0 Å². The van der Waals surface area contributed by atoms with E-state index in [1.54, 1.807) is 10.7 Å². The van der Waals surface area contributed by atoms with Gasteiger partial charge < -0.3 is 16.8 Å². The molecule has 30 heavy (non-hydrogen) atoms. The van der Waals surface area contributed by atoms with E-state index in [2.05, 4.69) is 38.6 Å². The van der Waals surface area contributed by atoms with E-state index in [1.165, 1.54) is 0 Å². The maximum Gasteiger partial charge on any atom is 0.177 e. The molecule has 0 spiro atoms. The first-order valence-electron chi connectivity index (χ1n) is 10.4. The van der Waals surface area contributed by atoms with Gasteiger partial charge >= 0.3 is 0 Å². The van der Waals surface area contributed by atoms with E-state index >= 15 is 0 Å². The summed E-state index contributed by atoms with van der Waals surface area (Å²) in [4.78, 5) is 9.16. The van der Waals surface area contributed by atoms with Crippen LogP contribution in [0.15, 0.2) is 61.1 Å². The molecule has 0 saturated heterocycles. The topological polar surface area (TPSA) is 107 Å². The summed E-state index contributed by atoms with van der Waals surface area (Å²) in [5.74, 6) is 1.59. The number of imidazole rings is 1. The fourth-order valence-corrected chi connectivity index (χ4v) is 4.32. The molecule has 0 aliphatic heterocycles. The van der Waals surface area contributed by atoms with Crippen LogP contribution in [0.4, 0.5) is 17.3 Å². The van der Waals surface area contributed by atoms with Crippen molar-refractivity contribution in [2.45, 2.75) is 37.6 Å². The van der Waals surface area contributed by atoms with Gasteiger partial charge in [-0.2, -0.15) is 0 Å². The average molecular weight is 400 g/mol. The van der Waals surface area contributed by atoms with Crippen molar-refractivity contribution in [3.8, 4) is 11.1 Å². The highest BCUT2D eigenvalue weighted by Crippen LogP contribution is 2.41. The molecular formula is C23H25N7. The first kappa shape index (κ1) is 18.6. The van der Waals surface area contributed by atoms with E-state index < -0.39 is 0 Å². The molecule has 7 nitrogen and oxygen atoms in total. The minimum atomic E-state index is 0.272. The van der Waals surface area contributed by atoms with Crippen LogP contribution >= 0.6 is 0 Å². The Hall–Kier alpha value is -3.45. The van der Waals surface area contributed by atoms with E-state index in [0.717, 1.165) is 59.5 Å². The number of hydrogen-bond acceptors (Lipinski definition) is 6. The lowest BCUT2D eigenvalue weighted by atomic mass is 9.81. The van der Waals surface area contributed by atoms with Crippen molar-refractivity contribution in [1.29, 1.82) is 0 Å². The van der Waals surface area contributed by atoms with Gasteiger partial charge in [-0.3, -0.25) is 0 Å². The molecule has 1 aromatic carbocycles. The second kappa shape index (κ2) is 7.76. The smallest absolute Gasteiger partial charge is 0.177 e. The molecule has 3 aromatic heterocycles. The molecular weight excluding hydrogens is 374 g/mol. The molecule has 0 unspecified atom stereocenters. The third-order valence-electron chi connectivity index (χ3n) is 5.91. The minimum absolute atomic E-state index is 0.272. The van der Waals surface area contributed by atoms with Crippen LogP contribution in [0.25, 0.3) is 16.8 Å². The van der Waals surface area contributed by atoms with Crippen LogP contribution < -0.4 is 16.8 Å². The summed E-state index contributed by atoms with van der Waals surface area (Å²) in [5.41, 5.74) is 17.4. The standard InChI is InChI=1S/C23H25N7/c24-18-9-6-16(7-10-18)20-21(23-26-12-13-30(23)29-22(20)25)28-19-11-8-17(14-27-19)15-4-2-1-3-5-15/h1-5,8,11-14,16,18H,6-7,9-10,24H2,(H2,25,29)(H,27,28)/t16-,18-. The van der Waals surface area contributed by atoms with Crippen LogP contribution in [0, 0.1) is 0 Å². The number of nitrogens with one attached hydrogen (secondary N) is 1. The zero-order valence-electron chi connectivity index (χ0n) is 16.7. The van der Waals surface area contributed by atoms with E-state index in [4.69, 9.17) is 11.5 Å². The number of nitrogens with two attached hydrogens (primary N) is 2. The second-order valence-electron chi connectivity index (χ2n) is 7.90. The molecule has 1 aliphatic carbocycles. The maximum atomic E-state index is 6.41. The van der Waals surface area contributed by atoms with Gasteiger partial charge in [0.25, 0.3) is 0 Å². The van der Waals surface area contributed by atoms with Crippen molar-refractivity contribution in [2.24, 2.45) is 5.73 Å². The Morgan fingerprint density at radius 2 is 1.73 bits per heavy atom. The largest absolute Gasteiger partial charge is 0.382 e. The minimum Gasteiger partial charge on any atom is -0.382 e. The highest BCUT2D eigenvalue weighted by Gasteiger charge is 2.27. The van der Waals surface area contributed by atoms with Crippen LogP contribution in [0.3, 0.4) is 0 Å². The summed E-state index contributed by atoms with van der Waals surface area (Å²) in [6.45, 7) is 0. The lowest BCUT2D eigenvalue weighted by Crippen LogP contribution is -2.26. The van der Waals surface area contributed by atoms with E-state index in [1.807, 2.05) is 36.7 Å². The highest BCUT2D eigenvalue weighted by atomic mass is 15.3. The number of benzene rings is 1. The molecule has 1 fully saturated rings. The number of nitrogens with zero attached hydrogens (tertiary/aromatic N) is 4. The van der Waals surface area contributed by atoms with Crippen molar-refractivity contribution in [3.05, 3.63) is 66.6 Å². The molecule has 0 bridgehead atoms. The van der Waals surface area contributed by atoms with E-state index in [9.17, 15) is 0 Å². The van der Waals surface area contributed by atoms with Gasteiger partial charge in [0.2, 0.25) is 0 Å². The van der Waals surface area contributed by atoms with Gasteiger partial charge in [0, 0.05) is 35.8 Å². The molecule has 1 saturated carbocycles. The molecule has 7 heteroatoms. The Bertz CT molecular complexity index is 1140. The number of nitrogen functional groups attached to an aromatic ring is 1. The molecule has 1 aliphatic rings. The number of hydrogen-bond donors (Lipinski definition) is 3. The summed E-state index contributed by atoms with van der Waals surface area (Å²) in [7, 11) is 0.